The van der Waals surface area contributed by atoms with Crippen molar-refractivity contribution in [3.05, 3.63) is 92.9 Å². The quantitative estimate of drug-likeness (QED) is 0.354. The lowest BCUT2D eigenvalue weighted by molar-refractivity contribution is 0.103. The molecule has 0 fully saturated rings. The lowest BCUT2D eigenvalue weighted by Crippen LogP contribution is -2.21. The van der Waals surface area contributed by atoms with Gasteiger partial charge in [-0.3, -0.25) is 4.79 Å². The summed E-state index contributed by atoms with van der Waals surface area (Å²) in [6.07, 6.45) is 0. The van der Waals surface area contributed by atoms with E-state index in [0.29, 0.717) is 37.6 Å². The van der Waals surface area contributed by atoms with Gasteiger partial charge in [-0.1, -0.05) is 65.1 Å². The van der Waals surface area contributed by atoms with Crippen LogP contribution in [-0.2, 0) is 0 Å². The van der Waals surface area contributed by atoms with Gasteiger partial charge in [0.2, 0.25) is 0 Å². The van der Waals surface area contributed by atoms with Crippen LogP contribution in [0.1, 0.15) is 15.9 Å². The maximum absolute atomic E-state index is 12.9. The Bertz CT molecular complexity index is 1010. The summed E-state index contributed by atoms with van der Waals surface area (Å²) in [4.78, 5) is 12.9. The van der Waals surface area contributed by atoms with Crippen molar-refractivity contribution in [2.24, 2.45) is 0 Å². The second-order valence-corrected chi connectivity index (χ2v) is 7.28. The van der Waals surface area contributed by atoms with Gasteiger partial charge in [-0.25, -0.2) is 0 Å². The average molecular weight is 436 g/mol. The Balaban J connectivity index is 1.84. The van der Waals surface area contributed by atoms with Crippen LogP contribution >= 0.6 is 47.0 Å². The third-order valence-corrected chi connectivity index (χ3v) is 4.68. The molecule has 0 bridgehead atoms. The molecule has 0 unspecified atom stereocenters. The van der Waals surface area contributed by atoms with Gasteiger partial charge in [0.1, 0.15) is 0 Å². The number of rotatable bonds is 4. The molecule has 0 amide bonds. The van der Waals surface area contributed by atoms with E-state index in [0.717, 1.165) is 0 Å². The highest BCUT2D eigenvalue weighted by atomic mass is 35.5. The Morgan fingerprint density at radius 2 is 1.37 bits per heavy atom. The Labute approximate surface area is 177 Å². The van der Waals surface area contributed by atoms with Crippen molar-refractivity contribution < 1.29 is 4.79 Å². The first-order valence-electron chi connectivity index (χ1n) is 7.86. The minimum atomic E-state index is -0.159. The monoisotopic (exact) mass is 434 g/mol. The van der Waals surface area contributed by atoms with Gasteiger partial charge >= 0.3 is 0 Å². The molecule has 2 N–H and O–H groups in total. The van der Waals surface area contributed by atoms with E-state index in [1.807, 2.05) is 6.07 Å². The molecule has 0 saturated carbocycles. The van der Waals surface area contributed by atoms with E-state index in [-0.39, 0.29) is 10.9 Å². The summed E-state index contributed by atoms with van der Waals surface area (Å²) < 4.78 is 0. The van der Waals surface area contributed by atoms with Gasteiger partial charge in [0.25, 0.3) is 0 Å². The standard InChI is InChI=1S/C20H13Cl3N2OS/c21-13-6-8-17(15(10-13)19(26)12-4-2-1-3-5-12)24-20(27)25-18-9-7-14(22)11-16(18)23/h1-11H,(H2,24,25,27). The highest BCUT2D eigenvalue weighted by Crippen LogP contribution is 2.27. The van der Waals surface area contributed by atoms with E-state index in [4.69, 9.17) is 47.0 Å². The first-order valence-corrected chi connectivity index (χ1v) is 9.40. The van der Waals surface area contributed by atoms with Crippen molar-refractivity contribution in [1.29, 1.82) is 0 Å². The third-order valence-electron chi connectivity index (χ3n) is 3.69. The Kier molecular flexibility index (Phi) is 6.34. The number of hydrogen-bond acceptors (Lipinski definition) is 2. The number of carbonyl (C=O) groups is 1. The Morgan fingerprint density at radius 1 is 0.778 bits per heavy atom. The van der Waals surface area contributed by atoms with Crippen molar-refractivity contribution in [1.82, 2.24) is 0 Å². The molecule has 3 aromatic rings. The molecule has 0 aliphatic heterocycles. The number of nitrogens with one attached hydrogen (secondary N) is 2. The zero-order chi connectivity index (χ0) is 19.4. The van der Waals surface area contributed by atoms with Crippen molar-refractivity contribution in [2.75, 3.05) is 10.6 Å². The first-order chi connectivity index (χ1) is 12.9. The molecule has 0 spiro atoms. The Hall–Kier alpha value is -2.11. The summed E-state index contributed by atoms with van der Waals surface area (Å²) in [6, 6.07) is 19.0. The van der Waals surface area contributed by atoms with Crippen LogP contribution in [0, 0.1) is 0 Å². The van der Waals surface area contributed by atoms with E-state index < -0.39 is 0 Å². The molecule has 27 heavy (non-hydrogen) atoms. The van der Waals surface area contributed by atoms with Crippen LogP contribution in [0.3, 0.4) is 0 Å². The van der Waals surface area contributed by atoms with E-state index in [2.05, 4.69) is 10.6 Å². The van der Waals surface area contributed by atoms with Crippen molar-refractivity contribution in [3.63, 3.8) is 0 Å². The van der Waals surface area contributed by atoms with Crippen molar-refractivity contribution >= 4 is 69.3 Å². The van der Waals surface area contributed by atoms with Crippen molar-refractivity contribution in [2.45, 2.75) is 0 Å². The lowest BCUT2D eigenvalue weighted by atomic mass is 10.0. The largest absolute Gasteiger partial charge is 0.332 e. The molecular weight excluding hydrogens is 423 g/mol. The van der Waals surface area contributed by atoms with Crippen LogP contribution in [0.25, 0.3) is 0 Å². The molecule has 0 atom stereocenters. The maximum Gasteiger partial charge on any atom is 0.195 e. The number of halogens is 3. The highest BCUT2D eigenvalue weighted by Gasteiger charge is 2.15. The zero-order valence-corrected chi connectivity index (χ0v) is 16.9. The van der Waals surface area contributed by atoms with Crippen molar-refractivity contribution in [3.8, 4) is 0 Å². The van der Waals surface area contributed by atoms with Crippen LogP contribution in [0.15, 0.2) is 66.7 Å². The second-order valence-electron chi connectivity index (χ2n) is 5.59. The smallest absolute Gasteiger partial charge is 0.195 e. The molecule has 3 nitrogen and oxygen atoms in total. The van der Waals surface area contributed by atoms with Gasteiger partial charge < -0.3 is 10.6 Å². The highest BCUT2D eigenvalue weighted by molar-refractivity contribution is 7.80. The summed E-state index contributed by atoms with van der Waals surface area (Å²) in [5, 5.41) is 7.72. The topological polar surface area (TPSA) is 41.1 Å². The lowest BCUT2D eigenvalue weighted by Gasteiger charge is -2.15. The molecule has 0 aromatic heterocycles. The third kappa shape index (κ3) is 4.99. The summed E-state index contributed by atoms with van der Waals surface area (Å²) >= 11 is 23.5. The fourth-order valence-corrected chi connectivity index (χ4v) is 3.27. The van der Waals surface area contributed by atoms with Gasteiger partial charge in [-0.15, -0.1) is 0 Å². The van der Waals surface area contributed by atoms with Gasteiger partial charge in [0, 0.05) is 21.2 Å². The molecule has 0 radical (unpaired) electrons. The number of hydrogen-bond donors (Lipinski definition) is 2. The van der Waals surface area contributed by atoms with E-state index >= 15 is 0 Å². The van der Waals surface area contributed by atoms with Gasteiger partial charge in [-0.2, -0.15) is 0 Å². The molecule has 0 aliphatic rings. The van der Waals surface area contributed by atoms with E-state index in [1.54, 1.807) is 60.7 Å². The van der Waals surface area contributed by atoms with Crippen LogP contribution in [0.2, 0.25) is 15.1 Å². The van der Waals surface area contributed by atoms with Crippen LogP contribution < -0.4 is 10.6 Å². The molecular formula is C20H13Cl3N2OS. The van der Waals surface area contributed by atoms with Crippen LogP contribution in [0.5, 0.6) is 0 Å². The number of thiocarbonyl (C=S) groups is 1. The van der Waals surface area contributed by atoms with Crippen LogP contribution in [-0.4, -0.2) is 10.9 Å². The molecule has 0 saturated heterocycles. The molecule has 0 heterocycles. The fraction of sp³-hybridized carbons (Fsp3) is 0. The molecule has 3 aromatic carbocycles. The fourth-order valence-electron chi connectivity index (χ4n) is 2.43. The minimum Gasteiger partial charge on any atom is -0.332 e. The minimum absolute atomic E-state index is 0.159. The number of benzene rings is 3. The SMILES string of the molecule is O=C(c1ccccc1)c1cc(Cl)ccc1NC(=S)Nc1ccc(Cl)cc1Cl. The number of ketones is 1. The maximum atomic E-state index is 12.9. The predicted molar refractivity (Wildman–Crippen MR) is 118 cm³/mol. The van der Waals surface area contributed by atoms with Crippen LogP contribution in [0.4, 0.5) is 11.4 Å². The summed E-state index contributed by atoms with van der Waals surface area (Å²) in [5.41, 5.74) is 2.11. The second kappa shape index (κ2) is 8.72. The average Bonchev–Trinajstić information content (AvgIpc) is 2.65. The molecule has 0 aliphatic carbocycles. The van der Waals surface area contributed by atoms with Gasteiger partial charge in [0.15, 0.2) is 10.9 Å². The number of carbonyl (C=O) groups excluding carboxylic acids is 1. The molecule has 7 heteroatoms. The van der Waals surface area contributed by atoms with E-state index in [9.17, 15) is 4.79 Å². The zero-order valence-electron chi connectivity index (χ0n) is 13.8. The van der Waals surface area contributed by atoms with Gasteiger partial charge in [0.05, 0.1) is 16.4 Å². The summed E-state index contributed by atoms with van der Waals surface area (Å²) in [5.74, 6) is -0.159. The summed E-state index contributed by atoms with van der Waals surface area (Å²) in [6.45, 7) is 0. The van der Waals surface area contributed by atoms with Gasteiger partial charge in [-0.05, 0) is 48.6 Å². The molecule has 136 valence electrons. The first kappa shape index (κ1) is 19.6. The number of anilines is 2. The van der Waals surface area contributed by atoms with E-state index in [1.165, 1.54) is 0 Å². The Morgan fingerprint density at radius 3 is 2.04 bits per heavy atom. The summed E-state index contributed by atoms with van der Waals surface area (Å²) in [7, 11) is 0. The normalized spacial score (nSPS) is 10.3. The predicted octanol–water partition coefficient (Wildman–Crippen LogP) is 6.69. The molecule has 3 rings (SSSR count).